The minimum Gasteiger partial charge on any atom is -0.274 e. The number of hydrogen-bond donors (Lipinski definition) is 0. The zero-order valence-corrected chi connectivity index (χ0v) is 13.8. The third-order valence-electron chi connectivity index (χ3n) is 5.38. The third kappa shape index (κ3) is 2.22. The minimum atomic E-state index is -0.725. The first-order chi connectivity index (χ1) is 11.9. The van der Waals surface area contributed by atoms with Crippen LogP contribution in [0.3, 0.4) is 0 Å². The summed E-state index contributed by atoms with van der Waals surface area (Å²) in [5, 5.41) is 0. The number of halogens is 1. The summed E-state index contributed by atoms with van der Waals surface area (Å²) < 4.78 is 14.6. The molecule has 2 aliphatic heterocycles. The molecule has 1 aromatic carbocycles. The first-order valence-electron chi connectivity index (χ1n) is 8.44. The van der Waals surface area contributed by atoms with Crippen molar-refractivity contribution >= 4 is 35.0 Å². The standard InChI is InChI=1S/C18H17FN2O4/c1-9(22)20-14-8-15(13(19)6-10(14)7-16(20)23)21-17(24)11-4-2-3-5-12(11)18(21)25/h6,8,11-12H,2-5,7H2,1H3. The van der Waals surface area contributed by atoms with Crippen molar-refractivity contribution in [2.45, 2.75) is 39.0 Å². The quantitative estimate of drug-likeness (QED) is 0.730. The molecule has 2 atom stereocenters. The molecule has 0 spiro atoms. The number of amides is 4. The zero-order valence-electron chi connectivity index (χ0n) is 13.8. The summed E-state index contributed by atoms with van der Waals surface area (Å²) in [6, 6.07) is 2.43. The average Bonchev–Trinajstić information content (AvgIpc) is 3.01. The van der Waals surface area contributed by atoms with E-state index in [0.717, 1.165) is 28.7 Å². The van der Waals surface area contributed by atoms with E-state index < -0.39 is 17.6 Å². The summed E-state index contributed by atoms with van der Waals surface area (Å²) in [7, 11) is 0. The summed E-state index contributed by atoms with van der Waals surface area (Å²) >= 11 is 0. The number of rotatable bonds is 1. The van der Waals surface area contributed by atoms with Crippen LogP contribution in [0.1, 0.15) is 38.2 Å². The van der Waals surface area contributed by atoms with Gasteiger partial charge in [-0.25, -0.2) is 9.29 Å². The van der Waals surface area contributed by atoms with E-state index in [1.807, 2.05) is 0 Å². The van der Waals surface area contributed by atoms with Crippen LogP contribution in [0.5, 0.6) is 0 Å². The van der Waals surface area contributed by atoms with Gasteiger partial charge in [0.1, 0.15) is 5.82 Å². The Balaban J connectivity index is 1.79. The summed E-state index contributed by atoms with van der Waals surface area (Å²) in [5.41, 5.74) is 0.478. The molecule has 25 heavy (non-hydrogen) atoms. The highest BCUT2D eigenvalue weighted by molar-refractivity contribution is 6.23. The maximum Gasteiger partial charge on any atom is 0.238 e. The van der Waals surface area contributed by atoms with Crippen LogP contribution in [0.15, 0.2) is 12.1 Å². The smallest absolute Gasteiger partial charge is 0.238 e. The molecular formula is C18H17FN2O4. The van der Waals surface area contributed by atoms with E-state index in [-0.39, 0.29) is 41.4 Å². The Morgan fingerprint density at radius 3 is 2.20 bits per heavy atom. The zero-order chi connectivity index (χ0) is 17.9. The molecule has 2 fully saturated rings. The molecular weight excluding hydrogens is 327 g/mol. The lowest BCUT2D eigenvalue weighted by molar-refractivity contribution is -0.125. The maximum absolute atomic E-state index is 14.6. The van der Waals surface area contributed by atoms with Crippen molar-refractivity contribution in [2.24, 2.45) is 11.8 Å². The van der Waals surface area contributed by atoms with Crippen LogP contribution >= 0.6 is 0 Å². The van der Waals surface area contributed by atoms with Gasteiger partial charge in [0.15, 0.2) is 0 Å². The van der Waals surface area contributed by atoms with Crippen LogP contribution in [0.2, 0.25) is 0 Å². The Morgan fingerprint density at radius 2 is 1.64 bits per heavy atom. The lowest BCUT2D eigenvalue weighted by Crippen LogP contribution is -2.33. The van der Waals surface area contributed by atoms with Gasteiger partial charge in [0.2, 0.25) is 23.6 Å². The number of anilines is 2. The lowest BCUT2D eigenvalue weighted by atomic mass is 9.81. The van der Waals surface area contributed by atoms with Gasteiger partial charge in [-0.1, -0.05) is 12.8 Å². The van der Waals surface area contributed by atoms with E-state index in [1.54, 1.807) is 0 Å². The average molecular weight is 344 g/mol. The van der Waals surface area contributed by atoms with Gasteiger partial charge in [0.25, 0.3) is 0 Å². The van der Waals surface area contributed by atoms with Crippen molar-refractivity contribution in [1.82, 2.24) is 0 Å². The highest BCUT2D eigenvalue weighted by Crippen LogP contribution is 2.43. The largest absolute Gasteiger partial charge is 0.274 e. The van der Waals surface area contributed by atoms with E-state index in [0.29, 0.717) is 18.4 Å². The summed E-state index contributed by atoms with van der Waals surface area (Å²) in [6.45, 7) is 1.25. The number of fused-ring (bicyclic) bond motifs is 2. The Labute approximate surface area is 143 Å². The van der Waals surface area contributed by atoms with Gasteiger partial charge in [-0.2, -0.15) is 0 Å². The van der Waals surface area contributed by atoms with Gasteiger partial charge in [0.05, 0.1) is 29.6 Å². The van der Waals surface area contributed by atoms with E-state index in [9.17, 15) is 23.6 Å². The second-order valence-corrected chi connectivity index (χ2v) is 6.87. The van der Waals surface area contributed by atoms with Crippen molar-refractivity contribution in [2.75, 3.05) is 9.80 Å². The molecule has 2 unspecified atom stereocenters. The highest BCUT2D eigenvalue weighted by atomic mass is 19.1. The molecule has 130 valence electrons. The molecule has 1 aliphatic carbocycles. The Kier molecular flexibility index (Phi) is 3.49. The number of imide groups is 2. The van der Waals surface area contributed by atoms with Crippen LogP contribution in [0.4, 0.5) is 15.8 Å². The second kappa shape index (κ2) is 5.47. The molecule has 1 saturated heterocycles. The predicted octanol–water partition coefficient (Wildman–Crippen LogP) is 1.94. The van der Waals surface area contributed by atoms with E-state index in [1.165, 1.54) is 13.0 Å². The number of carbonyl (C=O) groups excluding carboxylic acids is 4. The number of benzene rings is 1. The summed E-state index contributed by atoms with van der Waals surface area (Å²) in [4.78, 5) is 50.9. The normalized spacial score (nSPS) is 25.4. The highest BCUT2D eigenvalue weighted by Gasteiger charge is 2.49. The van der Waals surface area contributed by atoms with E-state index in [4.69, 9.17) is 0 Å². The Morgan fingerprint density at radius 1 is 1.04 bits per heavy atom. The van der Waals surface area contributed by atoms with Gasteiger partial charge in [0, 0.05) is 6.92 Å². The predicted molar refractivity (Wildman–Crippen MR) is 86.2 cm³/mol. The molecule has 0 bridgehead atoms. The van der Waals surface area contributed by atoms with Crippen molar-refractivity contribution in [1.29, 1.82) is 0 Å². The third-order valence-corrected chi connectivity index (χ3v) is 5.38. The van der Waals surface area contributed by atoms with Gasteiger partial charge >= 0.3 is 0 Å². The molecule has 0 N–H and O–H groups in total. The Hall–Kier alpha value is -2.57. The number of nitrogens with zero attached hydrogens (tertiary/aromatic N) is 2. The van der Waals surface area contributed by atoms with Crippen LogP contribution in [0, 0.1) is 17.7 Å². The van der Waals surface area contributed by atoms with Crippen LogP contribution < -0.4 is 9.80 Å². The molecule has 1 aromatic rings. The topological polar surface area (TPSA) is 74.8 Å². The maximum atomic E-state index is 14.6. The molecule has 4 rings (SSSR count). The first kappa shape index (κ1) is 15.9. The Bertz CT molecular complexity index is 811. The molecule has 7 heteroatoms. The molecule has 6 nitrogen and oxygen atoms in total. The molecule has 4 amide bonds. The summed E-state index contributed by atoms with van der Waals surface area (Å²) in [5.74, 6) is -3.18. The van der Waals surface area contributed by atoms with Gasteiger partial charge in [-0.05, 0) is 30.5 Å². The number of carbonyl (C=O) groups is 4. The van der Waals surface area contributed by atoms with Crippen molar-refractivity contribution in [3.8, 4) is 0 Å². The fraction of sp³-hybridized carbons (Fsp3) is 0.444. The van der Waals surface area contributed by atoms with E-state index >= 15 is 0 Å². The molecule has 1 saturated carbocycles. The molecule has 0 radical (unpaired) electrons. The van der Waals surface area contributed by atoms with Gasteiger partial charge < -0.3 is 0 Å². The van der Waals surface area contributed by atoms with Crippen molar-refractivity contribution in [3.63, 3.8) is 0 Å². The lowest BCUT2D eigenvalue weighted by Gasteiger charge is -2.19. The second-order valence-electron chi connectivity index (χ2n) is 6.87. The monoisotopic (exact) mass is 344 g/mol. The summed E-state index contributed by atoms with van der Waals surface area (Å²) in [6.07, 6.45) is 2.96. The minimum absolute atomic E-state index is 0.0702. The molecule has 0 aromatic heterocycles. The van der Waals surface area contributed by atoms with E-state index in [2.05, 4.69) is 0 Å². The SMILES string of the molecule is CC(=O)N1C(=O)Cc2cc(F)c(N3C(=O)C4CCCCC4C3=O)cc21. The van der Waals surface area contributed by atoms with Crippen LogP contribution in [0.25, 0.3) is 0 Å². The van der Waals surface area contributed by atoms with Gasteiger partial charge in [-0.15, -0.1) is 0 Å². The fourth-order valence-electron chi connectivity index (χ4n) is 4.23. The fourth-order valence-corrected chi connectivity index (χ4v) is 4.23. The van der Waals surface area contributed by atoms with Crippen LogP contribution in [-0.4, -0.2) is 23.6 Å². The van der Waals surface area contributed by atoms with Gasteiger partial charge in [-0.3, -0.25) is 24.1 Å². The molecule has 2 heterocycles. The van der Waals surface area contributed by atoms with Crippen molar-refractivity contribution < 1.29 is 23.6 Å². The van der Waals surface area contributed by atoms with Crippen molar-refractivity contribution in [3.05, 3.63) is 23.5 Å². The molecule has 3 aliphatic rings. The number of hydrogen-bond acceptors (Lipinski definition) is 4. The first-order valence-corrected chi connectivity index (χ1v) is 8.44. The van der Waals surface area contributed by atoms with Crippen LogP contribution in [-0.2, 0) is 25.6 Å².